The van der Waals surface area contributed by atoms with Crippen LogP contribution >= 0.6 is 0 Å². The van der Waals surface area contributed by atoms with E-state index in [1.807, 2.05) is 6.92 Å². The number of rotatable bonds is 2. The Morgan fingerprint density at radius 1 is 1.50 bits per heavy atom. The van der Waals surface area contributed by atoms with Crippen molar-refractivity contribution in [2.45, 2.75) is 13.3 Å². The Labute approximate surface area is 81.2 Å². The maximum atomic E-state index is 13.5. The molecule has 0 amide bonds. The van der Waals surface area contributed by atoms with Gasteiger partial charge in [0.05, 0.1) is 0 Å². The first kappa shape index (κ1) is 8.87. The predicted octanol–water partition coefficient (Wildman–Crippen LogP) is 1.97. The smallest absolute Gasteiger partial charge is 0.189 e. The summed E-state index contributed by atoms with van der Waals surface area (Å²) in [5.41, 5.74) is 0.887. The van der Waals surface area contributed by atoms with Gasteiger partial charge >= 0.3 is 0 Å². The SMILES string of the molecule is CCc1cnc(-n2cccn2)c(F)c1. The van der Waals surface area contributed by atoms with Crippen molar-refractivity contribution in [3.05, 3.63) is 42.1 Å². The summed E-state index contributed by atoms with van der Waals surface area (Å²) in [4.78, 5) is 4.02. The Morgan fingerprint density at radius 3 is 2.93 bits per heavy atom. The van der Waals surface area contributed by atoms with Gasteiger partial charge in [0.1, 0.15) is 0 Å². The van der Waals surface area contributed by atoms with Crippen LogP contribution in [0, 0.1) is 5.82 Å². The maximum absolute atomic E-state index is 13.5. The van der Waals surface area contributed by atoms with Crippen LogP contribution in [-0.2, 0) is 6.42 Å². The van der Waals surface area contributed by atoms with E-state index in [1.165, 1.54) is 10.7 Å². The average Bonchev–Trinajstić information content (AvgIpc) is 2.70. The summed E-state index contributed by atoms with van der Waals surface area (Å²) in [6, 6.07) is 3.22. The molecule has 4 heteroatoms. The van der Waals surface area contributed by atoms with E-state index in [4.69, 9.17) is 0 Å². The summed E-state index contributed by atoms with van der Waals surface area (Å²) in [7, 11) is 0. The Balaban J connectivity index is 2.46. The van der Waals surface area contributed by atoms with Crippen LogP contribution in [0.15, 0.2) is 30.7 Å². The molecule has 2 aromatic rings. The number of aromatic nitrogens is 3. The lowest BCUT2D eigenvalue weighted by Gasteiger charge is -2.03. The van der Waals surface area contributed by atoms with E-state index in [9.17, 15) is 4.39 Å². The van der Waals surface area contributed by atoms with Crippen LogP contribution in [0.3, 0.4) is 0 Å². The van der Waals surface area contributed by atoms with Crippen molar-refractivity contribution in [3.8, 4) is 5.82 Å². The molecule has 14 heavy (non-hydrogen) atoms. The van der Waals surface area contributed by atoms with Crippen molar-refractivity contribution in [1.29, 1.82) is 0 Å². The standard InChI is InChI=1S/C10H10FN3/c1-2-8-6-9(11)10(12-7-8)14-5-3-4-13-14/h3-7H,2H2,1H3. The van der Waals surface area contributed by atoms with Gasteiger partial charge < -0.3 is 0 Å². The summed E-state index contributed by atoms with van der Waals surface area (Å²) in [5.74, 6) is -0.0970. The Bertz CT molecular complexity index is 423. The van der Waals surface area contributed by atoms with Crippen molar-refractivity contribution >= 4 is 0 Å². The highest BCUT2D eigenvalue weighted by atomic mass is 19.1. The van der Waals surface area contributed by atoms with Gasteiger partial charge in [0.2, 0.25) is 0 Å². The molecule has 0 bridgehead atoms. The highest BCUT2D eigenvalue weighted by Gasteiger charge is 2.06. The van der Waals surface area contributed by atoms with Crippen LogP contribution < -0.4 is 0 Å². The first-order chi connectivity index (χ1) is 6.81. The summed E-state index contributed by atoms with van der Waals surface area (Å²) < 4.78 is 14.9. The van der Waals surface area contributed by atoms with Gasteiger partial charge in [-0.2, -0.15) is 5.10 Å². The van der Waals surface area contributed by atoms with Crippen LogP contribution in [0.2, 0.25) is 0 Å². The van der Waals surface area contributed by atoms with Crippen molar-refractivity contribution in [2.24, 2.45) is 0 Å². The van der Waals surface area contributed by atoms with Gasteiger partial charge in [-0.3, -0.25) is 0 Å². The van der Waals surface area contributed by atoms with Crippen molar-refractivity contribution in [2.75, 3.05) is 0 Å². The fourth-order valence-electron chi connectivity index (χ4n) is 1.23. The Kier molecular flexibility index (Phi) is 2.26. The molecular formula is C10H10FN3. The van der Waals surface area contributed by atoms with Gasteiger partial charge in [-0.1, -0.05) is 6.92 Å². The summed E-state index contributed by atoms with van der Waals surface area (Å²) in [6.07, 6.45) is 5.70. The maximum Gasteiger partial charge on any atom is 0.189 e. The molecule has 0 fully saturated rings. The van der Waals surface area contributed by atoms with E-state index < -0.39 is 0 Å². The van der Waals surface area contributed by atoms with Gasteiger partial charge in [0.25, 0.3) is 0 Å². The molecule has 72 valence electrons. The largest absolute Gasteiger partial charge is 0.234 e. The minimum atomic E-state index is -0.340. The second-order valence-electron chi connectivity index (χ2n) is 2.95. The molecule has 3 nitrogen and oxygen atoms in total. The lowest BCUT2D eigenvalue weighted by molar-refractivity contribution is 0.598. The molecule has 0 saturated heterocycles. The third-order valence-corrected chi connectivity index (χ3v) is 2.01. The second kappa shape index (κ2) is 3.57. The first-order valence-corrected chi connectivity index (χ1v) is 4.45. The number of halogens is 1. The van der Waals surface area contributed by atoms with Crippen molar-refractivity contribution < 1.29 is 4.39 Å². The minimum Gasteiger partial charge on any atom is -0.234 e. The summed E-state index contributed by atoms with van der Waals surface area (Å²) >= 11 is 0. The third-order valence-electron chi connectivity index (χ3n) is 2.01. The number of aryl methyl sites for hydroxylation is 1. The highest BCUT2D eigenvalue weighted by Crippen LogP contribution is 2.10. The molecule has 2 rings (SSSR count). The average molecular weight is 191 g/mol. The lowest BCUT2D eigenvalue weighted by atomic mass is 10.2. The zero-order chi connectivity index (χ0) is 9.97. The normalized spacial score (nSPS) is 10.4. The second-order valence-corrected chi connectivity index (χ2v) is 2.95. The molecule has 0 spiro atoms. The van der Waals surface area contributed by atoms with E-state index in [-0.39, 0.29) is 11.6 Å². The van der Waals surface area contributed by atoms with Gasteiger partial charge in [0.15, 0.2) is 11.6 Å². The van der Waals surface area contributed by atoms with Crippen LogP contribution in [0.5, 0.6) is 0 Å². The quantitative estimate of drug-likeness (QED) is 0.726. The first-order valence-electron chi connectivity index (χ1n) is 4.45. The Morgan fingerprint density at radius 2 is 2.36 bits per heavy atom. The molecule has 0 aliphatic carbocycles. The van der Waals surface area contributed by atoms with E-state index in [0.717, 1.165) is 12.0 Å². The van der Waals surface area contributed by atoms with Crippen LogP contribution in [-0.4, -0.2) is 14.8 Å². The topological polar surface area (TPSA) is 30.7 Å². The molecule has 0 atom stereocenters. The van der Waals surface area contributed by atoms with E-state index in [0.29, 0.717) is 0 Å². The minimum absolute atomic E-state index is 0.243. The molecule has 0 radical (unpaired) electrons. The highest BCUT2D eigenvalue weighted by molar-refractivity contribution is 5.26. The van der Waals surface area contributed by atoms with Crippen molar-refractivity contribution in [1.82, 2.24) is 14.8 Å². The molecule has 0 saturated carbocycles. The molecule has 0 aliphatic rings. The van der Waals surface area contributed by atoms with Gasteiger partial charge in [-0.25, -0.2) is 14.1 Å². The molecule has 0 unspecified atom stereocenters. The molecular weight excluding hydrogens is 181 g/mol. The fraction of sp³-hybridized carbons (Fsp3) is 0.200. The van der Waals surface area contributed by atoms with Gasteiger partial charge in [0, 0.05) is 18.6 Å². The summed E-state index contributed by atoms with van der Waals surface area (Å²) in [6.45, 7) is 1.96. The van der Waals surface area contributed by atoms with Gasteiger partial charge in [-0.15, -0.1) is 0 Å². The number of nitrogens with zero attached hydrogens (tertiary/aromatic N) is 3. The summed E-state index contributed by atoms with van der Waals surface area (Å²) in [5, 5.41) is 3.92. The monoisotopic (exact) mass is 191 g/mol. The number of hydrogen-bond donors (Lipinski definition) is 0. The predicted molar refractivity (Wildman–Crippen MR) is 50.7 cm³/mol. The van der Waals surface area contributed by atoms with Crippen LogP contribution in [0.25, 0.3) is 5.82 Å². The van der Waals surface area contributed by atoms with Gasteiger partial charge in [-0.05, 0) is 24.1 Å². The zero-order valence-electron chi connectivity index (χ0n) is 7.81. The molecule has 2 heterocycles. The molecule has 0 aliphatic heterocycles. The third kappa shape index (κ3) is 1.51. The fourth-order valence-corrected chi connectivity index (χ4v) is 1.23. The van der Waals surface area contributed by atoms with E-state index >= 15 is 0 Å². The lowest BCUT2D eigenvalue weighted by Crippen LogP contribution is -2.02. The zero-order valence-corrected chi connectivity index (χ0v) is 7.81. The molecule has 2 aromatic heterocycles. The van der Waals surface area contributed by atoms with Crippen LogP contribution in [0.1, 0.15) is 12.5 Å². The number of pyridine rings is 1. The Hall–Kier alpha value is -1.71. The number of hydrogen-bond acceptors (Lipinski definition) is 2. The van der Waals surface area contributed by atoms with E-state index in [2.05, 4.69) is 10.1 Å². The van der Waals surface area contributed by atoms with Crippen molar-refractivity contribution in [3.63, 3.8) is 0 Å². The molecule has 0 N–H and O–H groups in total. The van der Waals surface area contributed by atoms with Crippen LogP contribution in [0.4, 0.5) is 4.39 Å². The van der Waals surface area contributed by atoms with E-state index in [1.54, 1.807) is 24.7 Å². The molecule has 0 aromatic carbocycles.